The minimum atomic E-state index is 0. The van der Waals surface area contributed by atoms with E-state index in [0.717, 1.165) is 17.6 Å². The van der Waals surface area contributed by atoms with Crippen LogP contribution in [0.2, 0.25) is 0 Å². The van der Waals surface area contributed by atoms with Crippen LogP contribution in [0.1, 0.15) is 6.92 Å². The van der Waals surface area contributed by atoms with Gasteiger partial charge < -0.3 is 17.0 Å². The van der Waals surface area contributed by atoms with Gasteiger partial charge in [-0.15, -0.1) is 4.68 Å². The molecular weight excluding hydrogens is 254 g/mol. The first-order valence-electron chi connectivity index (χ1n) is 4.74. The van der Waals surface area contributed by atoms with Gasteiger partial charge in [0, 0.05) is 6.54 Å². The molecule has 0 aliphatic carbocycles. The van der Waals surface area contributed by atoms with Crippen LogP contribution < -0.4 is 27.0 Å². The highest BCUT2D eigenvalue weighted by Crippen LogP contribution is 2.08. The van der Waals surface area contributed by atoms with Crippen LogP contribution >= 0.6 is 0 Å². The molecule has 0 aliphatic rings. The Morgan fingerprint density at radius 1 is 1.47 bits per heavy atom. The Hall–Kier alpha value is -1.29. The fourth-order valence-corrected chi connectivity index (χ4v) is 1.58. The summed E-state index contributed by atoms with van der Waals surface area (Å²) in [6, 6.07) is 8.21. The number of hydrogen-bond donors (Lipinski definition) is 1. The van der Waals surface area contributed by atoms with Gasteiger partial charge in [0.15, 0.2) is 11.0 Å². The van der Waals surface area contributed by atoms with Gasteiger partial charge in [0.1, 0.15) is 0 Å². The molecule has 0 saturated carbocycles. The SMILES string of the molecule is C=C[n+]1cn(NCC)c2ccccc21.[Br-]. The van der Waals surface area contributed by atoms with Crippen molar-refractivity contribution in [2.45, 2.75) is 6.92 Å². The van der Waals surface area contributed by atoms with Crippen LogP contribution in [0.4, 0.5) is 0 Å². The molecule has 0 radical (unpaired) electrons. The lowest BCUT2D eigenvalue weighted by atomic mass is 10.3. The summed E-state index contributed by atoms with van der Waals surface area (Å²) in [6.45, 7) is 6.75. The van der Waals surface area contributed by atoms with Crippen LogP contribution in [0.25, 0.3) is 17.2 Å². The van der Waals surface area contributed by atoms with Gasteiger partial charge >= 0.3 is 0 Å². The summed E-state index contributed by atoms with van der Waals surface area (Å²) in [5, 5.41) is 0. The third-order valence-corrected chi connectivity index (χ3v) is 2.18. The highest BCUT2D eigenvalue weighted by Gasteiger charge is 2.11. The minimum absolute atomic E-state index is 0. The second kappa shape index (κ2) is 4.98. The predicted molar refractivity (Wildman–Crippen MR) is 58.4 cm³/mol. The molecule has 2 aromatic rings. The summed E-state index contributed by atoms with van der Waals surface area (Å²) in [4.78, 5) is 0. The van der Waals surface area contributed by atoms with Gasteiger partial charge in [0.25, 0.3) is 6.33 Å². The molecule has 0 spiro atoms. The van der Waals surface area contributed by atoms with Crippen LogP contribution in [-0.2, 0) is 0 Å². The largest absolute Gasteiger partial charge is 1.00 e. The number of nitrogens with zero attached hydrogens (tertiary/aromatic N) is 2. The van der Waals surface area contributed by atoms with Crippen molar-refractivity contribution in [1.82, 2.24) is 4.68 Å². The Morgan fingerprint density at radius 3 is 2.87 bits per heavy atom. The predicted octanol–water partition coefficient (Wildman–Crippen LogP) is -1.40. The normalized spacial score (nSPS) is 9.67. The van der Waals surface area contributed by atoms with E-state index in [0.29, 0.717) is 0 Å². The topological polar surface area (TPSA) is 20.8 Å². The minimum Gasteiger partial charge on any atom is -1.00 e. The van der Waals surface area contributed by atoms with Crippen molar-refractivity contribution in [1.29, 1.82) is 0 Å². The Morgan fingerprint density at radius 2 is 2.20 bits per heavy atom. The molecule has 0 bridgehead atoms. The quantitative estimate of drug-likeness (QED) is 0.679. The standard InChI is InChI=1S/C11H14N3.BrH/c1-3-12-14-9-13(4-2)10-7-5-6-8-11(10)14;/h4-9,12H,2-3H2,1H3;1H/q+1;/p-1. The van der Waals surface area contributed by atoms with Gasteiger partial charge in [-0.3, -0.25) is 5.43 Å². The van der Waals surface area contributed by atoms with E-state index in [1.54, 1.807) is 6.20 Å². The van der Waals surface area contributed by atoms with Crippen molar-refractivity contribution in [2.75, 3.05) is 12.0 Å². The van der Waals surface area contributed by atoms with Gasteiger partial charge in [-0.2, -0.15) is 0 Å². The number of fused-ring (bicyclic) bond motifs is 1. The number of imidazole rings is 1. The number of rotatable bonds is 3. The average Bonchev–Trinajstić information content (AvgIpc) is 2.58. The Kier molecular flexibility index (Phi) is 3.91. The molecule has 1 N–H and O–H groups in total. The summed E-state index contributed by atoms with van der Waals surface area (Å²) in [6.07, 6.45) is 3.79. The first-order valence-corrected chi connectivity index (χ1v) is 4.74. The summed E-state index contributed by atoms with van der Waals surface area (Å²) < 4.78 is 4.01. The fraction of sp³-hybridized carbons (Fsp3) is 0.182. The molecule has 15 heavy (non-hydrogen) atoms. The number of nitrogens with one attached hydrogen (secondary N) is 1. The van der Waals surface area contributed by atoms with E-state index in [1.165, 1.54) is 0 Å². The number of hydrogen-bond acceptors (Lipinski definition) is 1. The molecule has 1 aromatic heterocycles. The lowest BCUT2D eigenvalue weighted by Crippen LogP contribution is -3.00. The zero-order chi connectivity index (χ0) is 9.97. The van der Waals surface area contributed by atoms with Gasteiger partial charge in [-0.25, -0.2) is 4.57 Å². The number of para-hydroxylation sites is 2. The Labute approximate surface area is 99.8 Å². The molecule has 0 fully saturated rings. The van der Waals surface area contributed by atoms with E-state index in [1.807, 2.05) is 27.7 Å². The summed E-state index contributed by atoms with van der Waals surface area (Å²) in [7, 11) is 0. The van der Waals surface area contributed by atoms with E-state index in [-0.39, 0.29) is 17.0 Å². The number of halogens is 1. The monoisotopic (exact) mass is 267 g/mol. The maximum Gasteiger partial charge on any atom is 0.273 e. The molecule has 3 nitrogen and oxygen atoms in total. The van der Waals surface area contributed by atoms with Crippen molar-refractivity contribution < 1.29 is 21.5 Å². The van der Waals surface area contributed by atoms with Crippen LogP contribution in [0.15, 0.2) is 37.2 Å². The molecular formula is C11H14BrN3. The average molecular weight is 268 g/mol. The van der Waals surface area contributed by atoms with Crippen LogP contribution in [-0.4, -0.2) is 11.2 Å². The summed E-state index contributed by atoms with van der Waals surface area (Å²) in [5.41, 5.74) is 5.57. The smallest absolute Gasteiger partial charge is 0.273 e. The maximum absolute atomic E-state index is 3.78. The van der Waals surface area contributed by atoms with Crippen LogP contribution in [0.5, 0.6) is 0 Å². The van der Waals surface area contributed by atoms with Gasteiger partial charge in [0.05, 0.1) is 6.20 Å². The molecule has 0 amide bonds. The van der Waals surface area contributed by atoms with E-state index in [4.69, 9.17) is 0 Å². The second-order valence-corrected chi connectivity index (χ2v) is 3.08. The van der Waals surface area contributed by atoms with Gasteiger partial charge in [-0.05, 0) is 19.1 Å². The lowest BCUT2D eigenvalue weighted by molar-refractivity contribution is -0.539. The first kappa shape index (κ1) is 11.8. The molecule has 1 aromatic carbocycles. The lowest BCUT2D eigenvalue weighted by Gasteiger charge is -1.95. The first-order chi connectivity index (χ1) is 6.86. The van der Waals surface area contributed by atoms with E-state index >= 15 is 0 Å². The molecule has 2 rings (SSSR count). The van der Waals surface area contributed by atoms with Crippen molar-refractivity contribution in [3.63, 3.8) is 0 Å². The molecule has 0 saturated heterocycles. The van der Waals surface area contributed by atoms with Crippen LogP contribution in [0.3, 0.4) is 0 Å². The zero-order valence-electron chi connectivity index (χ0n) is 8.65. The van der Waals surface area contributed by atoms with Gasteiger partial charge in [-0.1, -0.05) is 18.7 Å². The zero-order valence-corrected chi connectivity index (χ0v) is 10.2. The van der Waals surface area contributed by atoms with Crippen LogP contribution in [0, 0.1) is 0 Å². The van der Waals surface area contributed by atoms with Crippen molar-refractivity contribution in [3.8, 4) is 0 Å². The Bertz CT molecular complexity index is 462. The third kappa shape index (κ3) is 2.04. The molecule has 80 valence electrons. The van der Waals surface area contributed by atoms with E-state index in [9.17, 15) is 0 Å². The fourth-order valence-electron chi connectivity index (χ4n) is 1.58. The highest BCUT2D eigenvalue weighted by molar-refractivity contribution is 5.72. The molecule has 0 unspecified atom stereocenters. The summed E-state index contributed by atoms with van der Waals surface area (Å²) in [5.74, 6) is 0. The van der Waals surface area contributed by atoms with E-state index < -0.39 is 0 Å². The van der Waals surface area contributed by atoms with Crippen molar-refractivity contribution in [3.05, 3.63) is 37.2 Å². The second-order valence-electron chi connectivity index (χ2n) is 3.08. The molecule has 0 aliphatic heterocycles. The Balaban J connectivity index is 0.00000112. The van der Waals surface area contributed by atoms with Crippen molar-refractivity contribution >= 4 is 17.2 Å². The highest BCUT2D eigenvalue weighted by atomic mass is 79.9. The van der Waals surface area contributed by atoms with E-state index in [2.05, 4.69) is 31.1 Å². The molecule has 0 atom stereocenters. The maximum atomic E-state index is 3.78. The summed E-state index contributed by atoms with van der Waals surface area (Å²) >= 11 is 0. The number of benzene rings is 1. The van der Waals surface area contributed by atoms with Gasteiger partial charge in [0.2, 0.25) is 0 Å². The third-order valence-electron chi connectivity index (χ3n) is 2.18. The number of aromatic nitrogens is 2. The molecule has 4 heteroatoms. The molecule has 1 heterocycles. The van der Waals surface area contributed by atoms with Crippen molar-refractivity contribution in [2.24, 2.45) is 0 Å².